The Hall–Kier alpha value is -3.74. The number of hydrogen-bond donors (Lipinski definition) is 3. The van der Waals surface area contributed by atoms with Crippen molar-refractivity contribution in [1.82, 2.24) is 39.8 Å². The van der Waals surface area contributed by atoms with E-state index in [1.165, 1.54) is 33.1 Å². The summed E-state index contributed by atoms with van der Waals surface area (Å²) in [4.78, 5) is 48.9. The standard InChI is InChI=1S/C20H17ClN10O5S3/c1-30-20(25-28-29-30)38-7-8-6-37-17-12(16(33)31(17)13(8)18(34)35)23-15(32)11(14-24-19(22)39-27-14)26-36-10-4-2-9(21)3-5-10/h2-5,12,17H,6-7H2,1H3,(H,23,32)(H,34,35)(H2,22,24,27)/t12?,17-/m0/s1. The number of benzene rings is 1. The van der Waals surface area contributed by atoms with Gasteiger partial charge in [-0.15, -0.1) is 16.9 Å². The van der Waals surface area contributed by atoms with Gasteiger partial charge in [0.2, 0.25) is 16.7 Å². The molecule has 0 aliphatic carbocycles. The van der Waals surface area contributed by atoms with Crippen LogP contribution in [0.15, 0.2) is 45.8 Å². The van der Waals surface area contributed by atoms with E-state index >= 15 is 0 Å². The Labute approximate surface area is 237 Å². The number of fused-ring (bicyclic) bond motifs is 1. The average molecular weight is 609 g/mol. The summed E-state index contributed by atoms with van der Waals surface area (Å²) in [5.41, 5.74) is 5.78. The number of hydrogen-bond acceptors (Lipinski definition) is 14. The zero-order valence-corrected chi connectivity index (χ0v) is 22.9. The molecule has 3 aromatic rings. The van der Waals surface area contributed by atoms with Crippen molar-refractivity contribution in [2.45, 2.75) is 16.6 Å². The van der Waals surface area contributed by atoms with Gasteiger partial charge in [-0.25, -0.2) is 9.48 Å². The number of rotatable bonds is 9. The number of amides is 2. The maximum atomic E-state index is 13.2. The van der Waals surface area contributed by atoms with E-state index in [0.29, 0.717) is 27.3 Å². The number of carboxylic acids is 1. The molecule has 2 aliphatic heterocycles. The Morgan fingerprint density at radius 2 is 2.13 bits per heavy atom. The maximum Gasteiger partial charge on any atom is 0.352 e. The van der Waals surface area contributed by atoms with E-state index in [-0.39, 0.29) is 28.1 Å². The number of anilines is 1. The van der Waals surface area contributed by atoms with Crippen LogP contribution in [0.1, 0.15) is 5.82 Å². The van der Waals surface area contributed by atoms with E-state index in [9.17, 15) is 19.5 Å². The highest BCUT2D eigenvalue weighted by Crippen LogP contribution is 2.41. The van der Waals surface area contributed by atoms with Crippen molar-refractivity contribution in [1.29, 1.82) is 0 Å². The summed E-state index contributed by atoms with van der Waals surface area (Å²) in [6.45, 7) is 0. The third kappa shape index (κ3) is 5.54. The van der Waals surface area contributed by atoms with E-state index in [2.05, 4.69) is 35.4 Å². The molecule has 5 rings (SSSR count). The molecule has 1 unspecified atom stereocenters. The first-order chi connectivity index (χ1) is 18.7. The smallest absolute Gasteiger partial charge is 0.352 e. The summed E-state index contributed by atoms with van der Waals surface area (Å²) in [7, 11) is 1.67. The molecule has 4 N–H and O–H groups in total. The summed E-state index contributed by atoms with van der Waals surface area (Å²) < 4.78 is 5.48. The molecule has 2 aliphatic rings. The first kappa shape index (κ1) is 26.9. The molecule has 39 heavy (non-hydrogen) atoms. The van der Waals surface area contributed by atoms with Crippen LogP contribution in [0.4, 0.5) is 5.13 Å². The monoisotopic (exact) mass is 608 g/mol. The van der Waals surface area contributed by atoms with Crippen LogP contribution in [0, 0.1) is 0 Å². The summed E-state index contributed by atoms with van der Waals surface area (Å²) >= 11 is 9.32. The molecule has 0 spiro atoms. The number of nitrogen functional groups attached to an aromatic ring is 1. The normalized spacial score (nSPS) is 19.0. The lowest BCUT2D eigenvalue weighted by Crippen LogP contribution is -2.71. The number of carboxylic acid groups (broad SMARTS) is 1. The van der Waals surface area contributed by atoms with Crippen LogP contribution in [-0.4, -0.2) is 86.0 Å². The van der Waals surface area contributed by atoms with Gasteiger partial charge >= 0.3 is 5.97 Å². The van der Waals surface area contributed by atoms with Crippen LogP contribution in [0.5, 0.6) is 5.75 Å². The fourth-order valence-corrected chi connectivity index (χ4v) is 6.50. The van der Waals surface area contributed by atoms with E-state index in [1.807, 2.05) is 0 Å². The van der Waals surface area contributed by atoms with Crippen molar-refractivity contribution in [2.75, 3.05) is 17.2 Å². The molecular weight excluding hydrogens is 592 g/mol. The minimum absolute atomic E-state index is 0.0902. The SMILES string of the molecule is Cn1nnnc1SCC1=C(C(=O)O)N2C(=O)C(NC(=O)C(=NOc3ccc(Cl)cc3)c3nsc(N)n3)[C@@H]2SC1. The van der Waals surface area contributed by atoms with Crippen molar-refractivity contribution in [3.05, 3.63) is 46.4 Å². The second-order valence-electron chi connectivity index (χ2n) is 7.93. The Morgan fingerprint density at radius 3 is 2.77 bits per heavy atom. The number of nitrogens with one attached hydrogen (secondary N) is 1. The molecule has 2 amide bonds. The maximum absolute atomic E-state index is 13.2. The molecule has 0 radical (unpaired) electrons. The lowest BCUT2D eigenvalue weighted by atomic mass is 10.0. The van der Waals surface area contributed by atoms with Crippen molar-refractivity contribution >= 4 is 75.3 Å². The lowest BCUT2D eigenvalue weighted by molar-refractivity contribution is -0.150. The first-order valence-electron chi connectivity index (χ1n) is 10.9. The van der Waals surface area contributed by atoms with Crippen LogP contribution in [0.3, 0.4) is 0 Å². The van der Waals surface area contributed by atoms with Crippen LogP contribution in [0.2, 0.25) is 5.02 Å². The van der Waals surface area contributed by atoms with Gasteiger partial charge in [-0.05, 0) is 40.3 Å². The third-order valence-electron chi connectivity index (χ3n) is 5.42. The number of carbonyl (C=O) groups is 3. The highest BCUT2D eigenvalue weighted by molar-refractivity contribution is 8.01. The minimum atomic E-state index is -1.24. The number of thioether (sulfide) groups is 2. The number of nitrogens with zero attached hydrogens (tertiary/aromatic N) is 8. The molecule has 0 bridgehead atoms. The number of carbonyl (C=O) groups excluding carboxylic acids is 2. The zero-order chi connectivity index (χ0) is 27.7. The Bertz CT molecular complexity index is 1510. The van der Waals surface area contributed by atoms with Gasteiger partial charge in [0.05, 0.1) is 0 Å². The molecule has 2 aromatic heterocycles. The summed E-state index contributed by atoms with van der Waals surface area (Å²) in [6, 6.07) is 5.25. The Morgan fingerprint density at radius 1 is 1.36 bits per heavy atom. The Balaban J connectivity index is 1.32. The fraction of sp³-hybridized carbons (Fsp3) is 0.250. The van der Waals surface area contributed by atoms with Gasteiger partial charge in [0.25, 0.3) is 11.8 Å². The van der Waals surface area contributed by atoms with Gasteiger partial charge < -0.3 is 21.0 Å². The van der Waals surface area contributed by atoms with Crippen LogP contribution < -0.4 is 15.9 Å². The Kier molecular flexibility index (Phi) is 7.69. The molecule has 1 fully saturated rings. The molecule has 1 aromatic carbocycles. The topological polar surface area (TPSA) is 204 Å². The number of halogens is 1. The van der Waals surface area contributed by atoms with E-state index in [0.717, 1.165) is 11.5 Å². The number of tetrazole rings is 1. The van der Waals surface area contributed by atoms with Crippen LogP contribution >= 0.6 is 46.7 Å². The largest absolute Gasteiger partial charge is 0.477 e. The van der Waals surface area contributed by atoms with Crippen molar-refractivity contribution in [3.8, 4) is 5.75 Å². The predicted octanol–water partition coefficient (Wildman–Crippen LogP) is 0.611. The molecule has 19 heteroatoms. The zero-order valence-electron chi connectivity index (χ0n) is 19.7. The highest BCUT2D eigenvalue weighted by Gasteiger charge is 2.54. The highest BCUT2D eigenvalue weighted by atomic mass is 35.5. The van der Waals surface area contributed by atoms with E-state index < -0.39 is 29.2 Å². The molecule has 0 saturated carbocycles. The molecule has 15 nitrogen and oxygen atoms in total. The minimum Gasteiger partial charge on any atom is -0.477 e. The van der Waals surface area contributed by atoms with Gasteiger partial charge in [0, 0.05) is 35.1 Å². The number of aromatic nitrogens is 6. The van der Waals surface area contributed by atoms with Gasteiger partial charge in [-0.3, -0.25) is 14.5 Å². The summed E-state index contributed by atoms with van der Waals surface area (Å²) in [5.74, 6) is -1.82. The number of aliphatic carboxylic acids is 1. The van der Waals surface area contributed by atoms with Gasteiger partial charge in [-0.2, -0.15) is 9.36 Å². The van der Waals surface area contributed by atoms with Crippen molar-refractivity contribution in [3.63, 3.8) is 0 Å². The van der Waals surface area contributed by atoms with E-state index in [4.69, 9.17) is 22.2 Å². The number of β-lactam (4-membered cyclic amide) rings is 1. The van der Waals surface area contributed by atoms with Gasteiger partial charge in [0.1, 0.15) is 17.1 Å². The molecule has 4 heterocycles. The first-order valence-corrected chi connectivity index (χ1v) is 14.1. The second-order valence-corrected chi connectivity index (χ2v) is 11.2. The number of oxime groups is 1. The lowest BCUT2D eigenvalue weighted by Gasteiger charge is -2.49. The predicted molar refractivity (Wildman–Crippen MR) is 142 cm³/mol. The van der Waals surface area contributed by atoms with Gasteiger partial charge in [-0.1, -0.05) is 28.5 Å². The number of aryl methyl sites for hydroxylation is 1. The van der Waals surface area contributed by atoms with Crippen LogP contribution in [0.25, 0.3) is 0 Å². The second kappa shape index (κ2) is 11.2. The molecule has 2 atom stereocenters. The molecule has 202 valence electrons. The van der Waals surface area contributed by atoms with Crippen molar-refractivity contribution in [2.24, 2.45) is 12.2 Å². The number of nitrogens with two attached hydrogens (primary N) is 1. The summed E-state index contributed by atoms with van der Waals surface area (Å²) in [6.07, 6.45) is 0. The third-order valence-corrected chi connectivity index (χ3v) is 8.65. The van der Waals surface area contributed by atoms with Gasteiger partial charge in [0.15, 0.2) is 10.9 Å². The quantitative estimate of drug-likeness (QED) is 0.132. The fourth-order valence-electron chi connectivity index (χ4n) is 3.61. The summed E-state index contributed by atoms with van der Waals surface area (Å²) in [5, 5.41) is 28.0. The molecule has 1 saturated heterocycles. The van der Waals surface area contributed by atoms with Crippen molar-refractivity contribution < 1.29 is 24.3 Å². The van der Waals surface area contributed by atoms with E-state index in [1.54, 1.807) is 31.3 Å². The molecular formula is C20H17ClN10O5S3. The van der Waals surface area contributed by atoms with Crippen LogP contribution in [-0.2, 0) is 21.4 Å². The average Bonchev–Trinajstić information content (AvgIpc) is 3.53.